The van der Waals surface area contributed by atoms with Crippen LogP contribution >= 0.6 is 0 Å². The summed E-state index contributed by atoms with van der Waals surface area (Å²) in [6.07, 6.45) is 1.56. The molecule has 3 aromatic rings. The fourth-order valence-electron chi connectivity index (χ4n) is 2.79. The Morgan fingerprint density at radius 3 is 2.45 bits per heavy atom. The third kappa shape index (κ3) is 6.11. The summed E-state index contributed by atoms with van der Waals surface area (Å²) in [5, 5.41) is 8.14. The van der Waals surface area contributed by atoms with Gasteiger partial charge in [-0.3, -0.25) is 4.79 Å². The summed E-state index contributed by atoms with van der Waals surface area (Å²) in [6.45, 7) is 3.68. The molecule has 0 bridgehead atoms. The molecule has 0 unspecified atom stereocenters. The van der Waals surface area contributed by atoms with Crippen molar-refractivity contribution in [3.63, 3.8) is 0 Å². The summed E-state index contributed by atoms with van der Waals surface area (Å²) in [5.74, 6) is -1.36. The van der Waals surface area contributed by atoms with Crippen molar-refractivity contribution in [3.05, 3.63) is 66.2 Å². The van der Waals surface area contributed by atoms with Gasteiger partial charge in [0.1, 0.15) is 11.6 Å². The van der Waals surface area contributed by atoms with E-state index < -0.39 is 11.6 Å². The van der Waals surface area contributed by atoms with E-state index in [0.717, 1.165) is 12.1 Å². The molecule has 1 aromatic heterocycles. The molecular formula is C22H22F2N4O3. The van der Waals surface area contributed by atoms with Gasteiger partial charge in [0.25, 0.3) is 0 Å². The molecule has 2 aromatic carbocycles. The Balaban J connectivity index is 1.59. The predicted octanol–water partition coefficient (Wildman–Crippen LogP) is 4.72. The Hall–Kier alpha value is -3.75. The van der Waals surface area contributed by atoms with Crippen LogP contribution in [0.3, 0.4) is 0 Å². The van der Waals surface area contributed by atoms with Crippen molar-refractivity contribution in [1.82, 2.24) is 10.3 Å². The van der Waals surface area contributed by atoms with Crippen molar-refractivity contribution in [2.45, 2.75) is 32.7 Å². The van der Waals surface area contributed by atoms with Gasteiger partial charge in [-0.15, -0.1) is 0 Å². The number of hydrogen-bond acceptors (Lipinski definition) is 4. The van der Waals surface area contributed by atoms with E-state index in [1.807, 2.05) is 13.8 Å². The van der Waals surface area contributed by atoms with Crippen molar-refractivity contribution >= 4 is 23.3 Å². The van der Waals surface area contributed by atoms with Crippen LogP contribution in [-0.4, -0.2) is 23.0 Å². The van der Waals surface area contributed by atoms with Gasteiger partial charge in [0, 0.05) is 24.9 Å². The molecular weight excluding hydrogens is 406 g/mol. The number of halogens is 2. The number of aryl methyl sites for hydroxylation is 1. The van der Waals surface area contributed by atoms with Gasteiger partial charge >= 0.3 is 6.03 Å². The molecule has 7 nitrogen and oxygen atoms in total. The summed E-state index contributed by atoms with van der Waals surface area (Å²) in [4.78, 5) is 28.3. The van der Waals surface area contributed by atoms with Crippen LogP contribution in [0.15, 0.2) is 53.1 Å². The SMILES string of the molecule is CC(C)NC(=O)Nc1ccccc1NC(=O)CCc1ncc(-c2ccc(F)cc2F)o1. The number of anilines is 2. The first kappa shape index (κ1) is 21.9. The molecule has 0 fully saturated rings. The highest BCUT2D eigenvalue weighted by Crippen LogP contribution is 2.25. The highest BCUT2D eigenvalue weighted by atomic mass is 19.1. The van der Waals surface area contributed by atoms with Gasteiger partial charge < -0.3 is 20.4 Å². The summed E-state index contributed by atoms with van der Waals surface area (Å²) < 4.78 is 32.4. The number of amides is 3. The summed E-state index contributed by atoms with van der Waals surface area (Å²) in [7, 11) is 0. The molecule has 0 aliphatic heterocycles. The number of carbonyl (C=O) groups excluding carboxylic acids is 2. The second kappa shape index (κ2) is 9.84. The lowest BCUT2D eigenvalue weighted by Gasteiger charge is -2.14. The first-order chi connectivity index (χ1) is 14.8. The minimum Gasteiger partial charge on any atom is -0.441 e. The van der Waals surface area contributed by atoms with E-state index in [-0.39, 0.29) is 48.0 Å². The molecule has 0 radical (unpaired) electrons. The molecule has 3 N–H and O–H groups in total. The zero-order chi connectivity index (χ0) is 22.4. The average molecular weight is 428 g/mol. The van der Waals surface area contributed by atoms with Crippen molar-refractivity contribution in [1.29, 1.82) is 0 Å². The second-order valence-corrected chi connectivity index (χ2v) is 7.09. The maximum atomic E-state index is 13.9. The number of urea groups is 1. The van der Waals surface area contributed by atoms with Gasteiger partial charge in [-0.25, -0.2) is 18.6 Å². The van der Waals surface area contributed by atoms with Crippen LogP contribution in [-0.2, 0) is 11.2 Å². The molecule has 31 heavy (non-hydrogen) atoms. The first-order valence-electron chi connectivity index (χ1n) is 9.68. The van der Waals surface area contributed by atoms with Crippen LogP contribution in [0, 0.1) is 11.6 Å². The largest absolute Gasteiger partial charge is 0.441 e. The first-order valence-corrected chi connectivity index (χ1v) is 9.68. The molecule has 0 saturated carbocycles. The van der Waals surface area contributed by atoms with Gasteiger partial charge in [-0.05, 0) is 38.1 Å². The van der Waals surface area contributed by atoms with E-state index in [4.69, 9.17) is 4.42 Å². The zero-order valence-corrected chi connectivity index (χ0v) is 17.0. The van der Waals surface area contributed by atoms with E-state index in [9.17, 15) is 18.4 Å². The van der Waals surface area contributed by atoms with Gasteiger partial charge in [-0.2, -0.15) is 0 Å². The van der Waals surface area contributed by atoms with Crippen molar-refractivity contribution < 1.29 is 22.8 Å². The molecule has 9 heteroatoms. The number of rotatable bonds is 7. The Morgan fingerprint density at radius 1 is 1.06 bits per heavy atom. The molecule has 0 aliphatic carbocycles. The van der Waals surface area contributed by atoms with E-state index >= 15 is 0 Å². The van der Waals surface area contributed by atoms with Crippen molar-refractivity contribution in [3.8, 4) is 11.3 Å². The lowest BCUT2D eigenvalue weighted by atomic mass is 10.2. The molecule has 0 spiro atoms. The number of oxazole rings is 1. The van der Waals surface area contributed by atoms with E-state index in [0.29, 0.717) is 11.4 Å². The lowest BCUT2D eigenvalue weighted by Crippen LogP contribution is -2.34. The van der Waals surface area contributed by atoms with Gasteiger partial charge in [0.05, 0.1) is 23.1 Å². The molecule has 0 saturated heterocycles. The van der Waals surface area contributed by atoms with Crippen LogP contribution < -0.4 is 16.0 Å². The lowest BCUT2D eigenvalue weighted by molar-refractivity contribution is -0.116. The number of nitrogens with one attached hydrogen (secondary N) is 3. The minimum atomic E-state index is -0.758. The number of aromatic nitrogens is 1. The maximum absolute atomic E-state index is 13.9. The van der Waals surface area contributed by atoms with E-state index in [1.54, 1.807) is 24.3 Å². The quantitative estimate of drug-likeness (QED) is 0.507. The zero-order valence-electron chi connectivity index (χ0n) is 17.0. The van der Waals surface area contributed by atoms with Gasteiger partial charge in [-0.1, -0.05) is 12.1 Å². The Labute approximate surface area is 177 Å². The maximum Gasteiger partial charge on any atom is 0.319 e. The number of benzene rings is 2. The smallest absolute Gasteiger partial charge is 0.319 e. The Morgan fingerprint density at radius 2 is 1.77 bits per heavy atom. The van der Waals surface area contributed by atoms with Crippen LogP contribution in [0.25, 0.3) is 11.3 Å². The summed E-state index contributed by atoms with van der Waals surface area (Å²) in [6, 6.07) is 9.56. The summed E-state index contributed by atoms with van der Waals surface area (Å²) in [5.41, 5.74) is 0.997. The standard InChI is InChI=1S/C22H22F2N4O3/c1-13(2)26-22(30)28-18-6-4-3-5-17(18)27-20(29)9-10-21-25-12-19(31-21)15-8-7-14(23)11-16(15)24/h3-8,11-13H,9-10H2,1-2H3,(H,27,29)(H2,26,28,30). The molecule has 0 aliphatic rings. The third-order valence-corrected chi connectivity index (χ3v) is 4.19. The number of carbonyl (C=O) groups is 2. The predicted molar refractivity (Wildman–Crippen MR) is 113 cm³/mol. The minimum absolute atomic E-state index is 0.0316. The Kier molecular flexibility index (Phi) is 6.96. The normalized spacial score (nSPS) is 10.7. The molecule has 162 valence electrons. The molecule has 0 atom stereocenters. The van der Waals surface area contributed by atoms with Crippen LogP contribution in [0.5, 0.6) is 0 Å². The topological polar surface area (TPSA) is 96.3 Å². The van der Waals surface area contributed by atoms with Crippen LogP contribution in [0.2, 0.25) is 0 Å². The van der Waals surface area contributed by atoms with Crippen LogP contribution in [0.1, 0.15) is 26.2 Å². The van der Waals surface area contributed by atoms with Gasteiger partial charge in [0.15, 0.2) is 11.7 Å². The van der Waals surface area contributed by atoms with Crippen molar-refractivity contribution in [2.75, 3.05) is 10.6 Å². The van der Waals surface area contributed by atoms with Gasteiger partial charge in [0.2, 0.25) is 5.91 Å². The van der Waals surface area contributed by atoms with E-state index in [1.165, 1.54) is 12.3 Å². The number of para-hydroxylation sites is 2. The number of nitrogens with zero attached hydrogens (tertiary/aromatic N) is 1. The third-order valence-electron chi connectivity index (χ3n) is 4.19. The van der Waals surface area contributed by atoms with Crippen molar-refractivity contribution in [2.24, 2.45) is 0 Å². The fourth-order valence-corrected chi connectivity index (χ4v) is 2.79. The Bertz CT molecular complexity index is 1080. The highest BCUT2D eigenvalue weighted by Gasteiger charge is 2.14. The summed E-state index contributed by atoms with van der Waals surface area (Å²) >= 11 is 0. The highest BCUT2D eigenvalue weighted by molar-refractivity contribution is 5.99. The second-order valence-electron chi connectivity index (χ2n) is 7.09. The number of hydrogen-bond donors (Lipinski definition) is 3. The molecule has 3 amide bonds. The molecule has 1 heterocycles. The molecule has 3 rings (SSSR count). The van der Waals surface area contributed by atoms with Crippen LogP contribution in [0.4, 0.5) is 25.0 Å². The average Bonchev–Trinajstić information content (AvgIpc) is 3.16. The van der Waals surface area contributed by atoms with E-state index in [2.05, 4.69) is 20.9 Å². The fraction of sp³-hybridized carbons (Fsp3) is 0.227. The monoisotopic (exact) mass is 428 g/mol.